The van der Waals surface area contributed by atoms with E-state index in [0.29, 0.717) is 5.69 Å². The number of hydrogen-bond donors (Lipinski definition) is 2. The van der Waals surface area contributed by atoms with E-state index in [4.69, 9.17) is 0 Å². The number of aromatic nitrogens is 3. The van der Waals surface area contributed by atoms with E-state index in [1.807, 2.05) is 70.3 Å². The van der Waals surface area contributed by atoms with Gasteiger partial charge in [0.25, 0.3) is 0 Å². The molecule has 0 aliphatic heterocycles. The average molecular weight is 349 g/mol. The summed E-state index contributed by atoms with van der Waals surface area (Å²) in [5.41, 5.74) is 4.49. The number of aryl methyl sites for hydroxylation is 2. The normalized spacial score (nSPS) is 11.8. The van der Waals surface area contributed by atoms with E-state index in [1.165, 1.54) is 0 Å². The van der Waals surface area contributed by atoms with E-state index in [2.05, 4.69) is 20.7 Å². The van der Waals surface area contributed by atoms with Crippen LogP contribution in [0.15, 0.2) is 48.7 Å². The maximum atomic E-state index is 12.6. The Morgan fingerprint density at radius 2 is 1.81 bits per heavy atom. The molecule has 2 N–H and O–H groups in total. The molecule has 0 aliphatic carbocycles. The van der Waals surface area contributed by atoms with E-state index in [1.54, 1.807) is 10.9 Å². The number of carbonyl (C=O) groups excluding carboxylic acids is 1. The van der Waals surface area contributed by atoms with Gasteiger partial charge in [0.2, 0.25) is 5.91 Å². The molecule has 26 heavy (non-hydrogen) atoms. The zero-order chi connectivity index (χ0) is 18.7. The molecule has 2 aromatic heterocycles. The third-order valence-corrected chi connectivity index (χ3v) is 4.47. The van der Waals surface area contributed by atoms with Crippen LogP contribution in [0.4, 0.5) is 17.2 Å². The summed E-state index contributed by atoms with van der Waals surface area (Å²) < 4.78 is 1.81. The van der Waals surface area contributed by atoms with Gasteiger partial charge in [-0.05, 0) is 45.0 Å². The van der Waals surface area contributed by atoms with Gasteiger partial charge in [0, 0.05) is 24.0 Å². The highest BCUT2D eigenvalue weighted by molar-refractivity contribution is 5.95. The van der Waals surface area contributed by atoms with Crippen LogP contribution in [0, 0.1) is 13.8 Å². The maximum absolute atomic E-state index is 12.6. The van der Waals surface area contributed by atoms with Crippen molar-refractivity contribution in [3.8, 4) is 0 Å². The summed E-state index contributed by atoms with van der Waals surface area (Å²) >= 11 is 0. The van der Waals surface area contributed by atoms with Crippen LogP contribution in [-0.2, 0) is 11.8 Å². The summed E-state index contributed by atoms with van der Waals surface area (Å²) in [4.78, 5) is 17.0. The van der Waals surface area contributed by atoms with Crippen molar-refractivity contribution in [2.45, 2.75) is 26.7 Å². The van der Waals surface area contributed by atoms with Crippen molar-refractivity contribution in [2.24, 2.45) is 7.05 Å². The molecule has 0 aliphatic rings. The molecule has 0 unspecified atom stereocenters. The van der Waals surface area contributed by atoms with Crippen LogP contribution >= 0.6 is 0 Å². The number of hydrogen-bond acceptors (Lipinski definition) is 4. The predicted octanol–water partition coefficient (Wildman–Crippen LogP) is 3.92. The lowest BCUT2D eigenvalue weighted by atomic mass is 9.98. The molecule has 0 saturated carbocycles. The molecule has 1 amide bonds. The number of anilines is 3. The number of nitrogens with one attached hydrogen (secondary N) is 2. The molecular formula is C20H23N5O. The number of benzene rings is 1. The molecule has 134 valence electrons. The van der Waals surface area contributed by atoms with E-state index in [0.717, 1.165) is 28.5 Å². The zero-order valence-electron chi connectivity index (χ0n) is 15.4. The molecule has 6 nitrogen and oxygen atoms in total. The maximum Gasteiger partial charge on any atom is 0.231 e. The topological polar surface area (TPSA) is 71.8 Å². The van der Waals surface area contributed by atoms with Crippen LogP contribution in [0.2, 0.25) is 0 Å². The molecule has 1 aromatic carbocycles. The van der Waals surface area contributed by atoms with Crippen molar-refractivity contribution >= 4 is 23.1 Å². The van der Waals surface area contributed by atoms with Crippen molar-refractivity contribution in [3.05, 3.63) is 65.6 Å². The lowest BCUT2D eigenvalue weighted by Crippen LogP contribution is -2.20. The molecule has 3 aromatic rings. The molecule has 0 radical (unpaired) electrons. The van der Waals surface area contributed by atoms with Crippen molar-refractivity contribution in [1.29, 1.82) is 0 Å². The summed E-state index contributed by atoms with van der Waals surface area (Å²) in [6.45, 7) is 5.80. The smallest absolute Gasteiger partial charge is 0.231 e. The molecule has 0 fully saturated rings. The second-order valence-electron chi connectivity index (χ2n) is 6.34. The number of amides is 1. The highest BCUT2D eigenvalue weighted by Crippen LogP contribution is 2.24. The van der Waals surface area contributed by atoms with Crippen LogP contribution in [-0.4, -0.2) is 20.7 Å². The standard InChI is InChI=1S/C20H23N5O/c1-13(19-14(2)24-25(4)15(19)3)20(26)23-17-10-11-18(21-12-17)22-16-8-6-5-7-9-16/h5-13H,1-4H3,(H,21,22)(H,23,26)/t13-/m0/s1. The van der Waals surface area contributed by atoms with Crippen LogP contribution in [0.25, 0.3) is 0 Å². The van der Waals surface area contributed by atoms with Gasteiger partial charge in [-0.15, -0.1) is 0 Å². The van der Waals surface area contributed by atoms with Gasteiger partial charge in [-0.1, -0.05) is 18.2 Å². The van der Waals surface area contributed by atoms with Crippen molar-refractivity contribution in [1.82, 2.24) is 14.8 Å². The summed E-state index contributed by atoms with van der Waals surface area (Å²) in [5.74, 6) is 0.363. The number of para-hydroxylation sites is 1. The molecule has 3 rings (SSSR count). The van der Waals surface area contributed by atoms with Crippen LogP contribution in [0.5, 0.6) is 0 Å². The molecular weight excluding hydrogens is 326 g/mol. The molecule has 0 saturated heterocycles. The van der Waals surface area contributed by atoms with Gasteiger partial charge in [-0.3, -0.25) is 9.48 Å². The number of carbonyl (C=O) groups is 1. The Hall–Kier alpha value is -3.15. The fraction of sp³-hybridized carbons (Fsp3) is 0.250. The number of pyridine rings is 1. The van der Waals surface area contributed by atoms with Crippen molar-refractivity contribution in [3.63, 3.8) is 0 Å². The Morgan fingerprint density at radius 3 is 2.38 bits per heavy atom. The minimum absolute atomic E-state index is 0.0743. The molecule has 0 spiro atoms. The summed E-state index contributed by atoms with van der Waals surface area (Å²) in [5, 5.41) is 10.5. The van der Waals surface area contributed by atoms with Crippen LogP contribution in [0.3, 0.4) is 0 Å². The van der Waals surface area contributed by atoms with Crippen LogP contribution in [0.1, 0.15) is 29.8 Å². The second kappa shape index (κ2) is 7.39. The van der Waals surface area contributed by atoms with Gasteiger partial charge < -0.3 is 10.6 Å². The molecule has 6 heteroatoms. The predicted molar refractivity (Wildman–Crippen MR) is 104 cm³/mol. The highest BCUT2D eigenvalue weighted by atomic mass is 16.1. The van der Waals surface area contributed by atoms with Gasteiger partial charge in [-0.25, -0.2) is 4.98 Å². The Bertz CT molecular complexity index is 900. The third-order valence-electron chi connectivity index (χ3n) is 4.47. The minimum Gasteiger partial charge on any atom is -0.340 e. The average Bonchev–Trinajstić information content (AvgIpc) is 2.89. The van der Waals surface area contributed by atoms with E-state index >= 15 is 0 Å². The lowest BCUT2D eigenvalue weighted by Gasteiger charge is -2.13. The number of rotatable bonds is 5. The Kier molecular flexibility index (Phi) is 5.02. The molecule has 0 bridgehead atoms. The third kappa shape index (κ3) is 3.74. The van der Waals surface area contributed by atoms with Gasteiger partial charge in [0.05, 0.1) is 23.5 Å². The van der Waals surface area contributed by atoms with Gasteiger partial charge in [0.1, 0.15) is 5.82 Å². The quantitative estimate of drug-likeness (QED) is 0.732. The molecule has 1 atom stereocenters. The van der Waals surface area contributed by atoms with E-state index in [-0.39, 0.29) is 11.8 Å². The zero-order valence-corrected chi connectivity index (χ0v) is 15.4. The number of nitrogens with zero attached hydrogens (tertiary/aromatic N) is 3. The SMILES string of the molecule is Cc1nn(C)c(C)c1[C@H](C)C(=O)Nc1ccc(Nc2ccccc2)nc1. The summed E-state index contributed by atoms with van der Waals surface area (Å²) in [7, 11) is 1.89. The van der Waals surface area contributed by atoms with Gasteiger partial charge >= 0.3 is 0 Å². The fourth-order valence-electron chi connectivity index (χ4n) is 3.01. The Morgan fingerprint density at radius 1 is 1.08 bits per heavy atom. The van der Waals surface area contributed by atoms with Gasteiger partial charge in [-0.2, -0.15) is 5.10 Å². The largest absolute Gasteiger partial charge is 0.340 e. The fourth-order valence-corrected chi connectivity index (χ4v) is 3.01. The molecule has 2 heterocycles. The lowest BCUT2D eigenvalue weighted by molar-refractivity contribution is -0.117. The first-order valence-electron chi connectivity index (χ1n) is 8.55. The van der Waals surface area contributed by atoms with Crippen molar-refractivity contribution < 1.29 is 4.79 Å². The summed E-state index contributed by atoms with van der Waals surface area (Å²) in [6.07, 6.45) is 1.65. The first kappa shape index (κ1) is 17.7. The monoisotopic (exact) mass is 349 g/mol. The first-order valence-corrected chi connectivity index (χ1v) is 8.55. The van der Waals surface area contributed by atoms with E-state index in [9.17, 15) is 4.79 Å². The van der Waals surface area contributed by atoms with E-state index < -0.39 is 0 Å². The summed E-state index contributed by atoms with van der Waals surface area (Å²) in [6, 6.07) is 13.5. The minimum atomic E-state index is -0.286. The van der Waals surface area contributed by atoms with Gasteiger partial charge in [0.15, 0.2) is 0 Å². The van der Waals surface area contributed by atoms with Crippen molar-refractivity contribution in [2.75, 3.05) is 10.6 Å². The highest BCUT2D eigenvalue weighted by Gasteiger charge is 2.22. The Labute approximate surface area is 153 Å². The first-order chi connectivity index (χ1) is 12.5. The second-order valence-corrected chi connectivity index (χ2v) is 6.34. The van der Waals surface area contributed by atoms with Crippen LogP contribution < -0.4 is 10.6 Å². The Balaban J connectivity index is 1.67.